The van der Waals surface area contributed by atoms with Crippen LogP contribution in [0, 0.1) is 0 Å². The van der Waals surface area contributed by atoms with Crippen molar-refractivity contribution < 1.29 is 0 Å². The van der Waals surface area contributed by atoms with Crippen LogP contribution in [0.4, 0.5) is 0 Å². The molecule has 0 saturated carbocycles. The maximum atomic E-state index is 11.7. The maximum absolute atomic E-state index is 11.7. The van der Waals surface area contributed by atoms with E-state index in [1.807, 2.05) is 6.92 Å². The van der Waals surface area contributed by atoms with Gasteiger partial charge in [-0.05, 0) is 32.6 Å². The number of aromatic nitrogens is 2. The number of rotatable bonds is 1. The number of hydrogen-bond donors (Lipinski definition) is 1. The van der Waals surface area contributed by atoms with Gasteiger partial charge in [0.15, 0.2) is 0 Å². The molecule has 0 aliphatic heterocycles. The van der Waals surface area contributed by atoms with Gasteiger partial charge in [0.2, 0.25) is 0 Å². The third kappa shape index (κ3) is 1.96. The Labute approximate surface area is 94.3 Å². The minimum Gasteiger partial charge on any atom is -0.320 e. The van der Waals surface area contributed by atoms with Crippen molar-refractivity contribution in [2.75, 3.05) is 0 Å². The minimum absolute atomic E-state index is 0.401. The number of fused-ring (bicyclic) bond motifs is 1. The maximum Gasteiger partial charge on any atom is 0.316 e. The highest BCUT2D eigenvalue weighted by Crippen LogP contribution is 2.16. The lowest BCUT2D eigenvalue weighted by Gasteiger charge is -2.17. The third-order valence-electron chi connectivity index (χ3n) is 3.28. The highest BCUT2D eigenvalue weighted by atomic mass is 16.2. The van der Waals surface area contributed by atoms with E-state index in [1.165, 1.54) is 12.8 Å². The lowest BCUT2D eigenvalue weighted by molar-refractivity contribution is 0.555. The van der Waals surface area contributed by atoms with Crippen molar-refractivity contribution in [2.45, 2.75) is 52.0 Å². The summed E-state index contributed by atoms with van der Waals surface area (Å²) in [4.78, 5) is 25.9. The number of nitrogens with zero attached hydrogens (tertiary/aromatic N) is 1. The molecule has 0 spiro atoms. The van der Waals surface area contributed by atoms with Crippen molar-refractivity contribution in [1.82, 2.24) is 9.55 Å². The summed E-state index contributed by atoms with van der Waals surface area (Å²) in [6.45, 7) is 2.50. The van der Waals surface area contributed by atoms with Crippen molar-refractivity contribution in [1.29, 1.82) is 0 Å². The summed E-state index contributed by atoms with van der Waals surface area (Å²) in [7, 11) is 0. The second-order valence-corrected chi connectivity index (χ2v) is 4.34. The third-order valence-corrected chi connectivity index (χ3v) is 3.28. The fourth-order valence-electron chi connectivity index (χ4n) is 2.45. The summed E-state index contributed by atoms with van der Waals surface area (Å²) < 4.78 is 1.64. The van der Waals surface area contributed by atoms with Gasteiger partial charge in [0.1, 0.15) is 0 Å². The van der Waals surface area contributed by atoms with Gasteiger partial charge < -0.3 is 9.55 Å². The van der Waals surface area contributed by atoms with Gasteiger partial charge in [0.25, 0.3) is 0 Å². The normalized spacial score (nSPS) is 16.3. The molecule has 1 aliphatic rings. The quantitative estimate of drug-likeness (QED) is 0.726. The van der Waals surface area contributed by atoms with Crippen LogP contribution in [0.3, 0.4) is 0 Å². The second kappa shape index (κ2) is 4.68. The molecule has 16 heavy (non-hydrogen) atoms. The molecule has 1 aromatic rings. The summed E-state index contributed by atoms with van der Waals surface area (Å²) >= 11 is 0. The number of aromatic amines is 1. The van der Waals surface area contributed by atoms with Gasteiger partial charge >= 0.3 is 11.1 Å². The molecule has 0 saturated heterocycles. The average molecular weight is 222 g/mol. The van der Waals surface area contributed by atoms with E-state index < -0.39 is 11.1 Å². The molecule has 0 bridgehead atoms. The van der Waals surface area contributed by atoms with Gasteiger partial charge in [-0.25, -0.2) is 0 Å². The van der Waals surface area contributed by atoms with Crippen LogP contribution >= 0.6 is 0 Å². The van der Waals surface area contributed by atoms with Gasteiger partial charge in [-0.3, -0.25) is 9.59 Å². The molecule has 0 atom stereocenters. The predicted octanol–water partition coefficient (Wildman–Crippen LogP) is 1.22. The number of H-pyrrole nitrogens is 1. The molecule has 2 rings (SSSR count). The zero-order valence-corrected chi connectivity index (χ0v) is 9.71. The van der Waals surface area contributed by atoms with Crippen LogP contribution < -0.4 is 11.1 Å². The fourth-order valence-corrected chi connectivity index (χ4v) is 2.45. The minimum atomic E-state index is -0.471. The van der Waals surface area contributed by atoms with E-state index in [1.54, 1.807) is 4.57 Å². The van der Waals surface area contributed by atoms with Crippen LogP contribution in [0.2, 0.25) is 0 Å². The van der Waals surface area contributed by atoms with Gasteiger partial charge in [-0.2, -0.15) is 0 Å². The van der Waals surface area contributed by atoms with Crippen LogP contribution in [-0.4, -0.2) is 9.55 Å². The Morgan fingerprint density at radius 3 is 2.50 bits per heavy atom. The molecular weight excluding hydrogens is 204 g/mol. The first-order valence-electron chi connectivity index (χ1n) is 6.09. The number of aryl methyl sites for hydroxylation is 1. The number of hydrogen-bond acceptors (Lipinski definition) is 2. The average Bonchev–Trinajstić information content (AvgIpc) is 2.24. The standard InChI is InChI=1S/C12H18N2O2/c1-2-14-10-8-6-4-3-5-7-9(10)13-11(15)12(14)16/h2-8H2,1H3,(H,13,15). The molecule has 4 nitrogen and oxygen atoms in total. The Morgan fingerprint density at radius 1 is 1.12 bits per heavy atom. The SMILES string of the molecule is CCn1c2c([nH]c(=O)c1=O)CCCCCC2. The van der Waals surface area contributed by atoms with Gasteiger partial charge in [-0.1, -0.05) is 12.8 Å². The van der Waals surface area contributed by atoms with Crippen molar-refractivity contribution in [3.8, 4) is 0 Å². The molecule has 0 radical (unpaired) electrons. The topological polar surface area (TPSA) is 54.9 Å². The summed E-state index contributed by atoms with van der Waals surface area (Å²) in [6.07, 6.45) is 6.45. The monoisotopic (exact) mass is 222 g/mol. The molecule has 88 valence electrons. The molecule has 0 amide bonds. The zero-order valence-electron chi connectivity index (χ0n) is 9.71. The summed E-state index contributed by atoms with van der Waals surface area (Å²) in [6, 6.07) is 0. The Morgan fingerprint density at radius 2 is 1.81 bits per heavy atom. The van der Waals surface area contributed by atoms with E-state index in [2.05, 4.69) is 4.98 Å². The Bertz CT molecular complexity index is 485. The van der Waals surface area contributed by atoms with Crippen molar-refractivity contribution >= 4 is 0 Å². The van der Waals surface area contributed by atoms with Gasteiger partial charge in [0, 0.05) is 17.9 Å². The van der Waals surface area contributed by atoms with E-state index in [4.69, 9.17) is 0 Å². The van der Waals surface area contributed by atoms with E-state index in [0.29, 0.717) is 6.54 Å². The Balaban J connectivity index is 2.59. The second-order valence-electron chi connectivity index (χ2n) is 4.34. The molecule has 0 fully saturated rings. The molecule has 1 aromatic heterocycles. The lowest BCUT2D eigenvalue weighted by Crippen LogP contribution is -2.39. The highest BCUT2D eigenvalue weighted by Gasteiger charge is 2.14. The fraction of sp³-hybridized carbons (Fsp3) is 0.667. The van der Waals surface area contributed by atoms with Crippen LogP contribution in [0.1, 0.15) is 44.0 Å². The summed E-state index contributed by atoms with van der Waals surface area (Å²) in [5, 5.41) is 0. The van der Waals surface area contributed by atoms with Gasteiger partial charge in [-0.15, -0.1) is 0 Å². The number of nitrogens with one attached hydrogen (secondary N) is 1. The molecule has 1 aliphatic carbocycles. The molecule has 1 heterocycles. The van der Waals surface area contributed by atoms with E-state index >= 15 is 0 Å². The summed E-state index contributed by atoms with van der Waals surface area (Å²) in [5.74, 6) is 0. The van der Waals surface area contributed by atoms with Crippen LogP contribution in [-0.2, 0) is 19.4 Å². The molecular formula is C12H18N2O2. The lowest BCUT2D eigenvalue weighted by atomic mass is 10.0. The Hall–Kier alpha value is -1.32. The van der Waals surface area contributed by atoms with Crippen LogP contribution in [0.25, 0.3) is 0 Å². The van der Waals surface area contributed by atoms with Crippen molar-refractivity contribution in [3.05, 3.63) is 32.1 Å². The molecule has 4 heteroatoms. The largest absolute Gasteiger partial charge is 0.320 e. The predicted molar refractivity (Wildman–Crippen MR) is 62.9 cm³/mol. The van der Waals surface area contributed by atoms with E-state index in [-0.39, 0.29) is 0 Å². The van der Waals surface area contributed by atoms with Crippen molar-refractivity contribution in [2.24, 2.45) is 0 Å². The van der Waals surface area contributed by atoms with E-state index in [0.717, 1.165) is 37.1 Å². The van der Waals surface area contributed by atoms with Crippen molar-refractivity contribution in [3.63, 3.8) is 0 Å². The smallest absolute Gasteiger partial charge is 0.316 e. The summed E-state index contributed by atoms with van der Waals surface area (Å²) in [5.41, 5.74) is 1.15. The molecule has 0 unspecified atom stereocenters. The first-order valence-corrected chi connectivity index (χ1v) is 6.09. The first kappa shape index (κ1) is 11.2. The molecule has 0 aromatic carbocycles. The first-order chi connectivity index (χ1) is 7.74. The van der Waals surface area contributed by atoms with Gasteiger partial charge in [0.05, 0.1) is 0 Å². The Kier molecular flexibility index (Phi) is 3.27. The highest BCUT2D eigenvalue weighted by molar-refractivity contribution is 5.14. The zero-order chi connectivity index (χ0) is 11.5. The van der Waals surface area contributed by atoms with Crippen LogP contribution in [0.15, 0.2) is 9.59 Å². The van der Waals surface area contributed by atoms with E-state index in [9.17, 15) is 9.59 Å². The van der Waals surface area contributed by atoms with Crippen LogP contribution in [0.5, 0.6) is 0 Å². The molecule has 1 N–H and O–H groups in total.